The lowest BCUT2D eigenvalue weighted by Gasteiger charge is -2.17. The van der Waals surface area contributed by atoms with Crippen LogP contribution < -0.4 is 4.90 Å². The van der Waals surface area contributed by atoms with Crippen LogP contribution in [0.1, 0.15) is 23.7 Å². The van der Waals surface area contributed by atoms with Crippen LogP contribution in [0.5, 0.6) is 0 Å². The molecule has 1 aliphatic rings. The number of esters is 1. The summed E-state index contributed by atoms with van der Waals surface area (Å²) in [7, 11) is 0. The van der Waals surface area contributed by atoms with E-state index in [1.165, 1.54) is 4.90 Å². The van der Waals surface area contributed by atoms with E-state index in [0.717, 1.165) is 0 Å². The maximum Gasteiger partial charge on any atom is 0.341 e. The maximum absolute atomic E-state index is 12.0. The van der Waals surface area contributed by atoms with E-state index in [-0.39, 0.29) is 18.4 Å². The first kappa shape index (κ1) is 13.3. The first-order valence-electron chi connectivity index (χ1n) is 6.22. The second kappa shape index (κ2) is 5.65. The molecule has 1 saturated heterocycles. The fourth-order valence-corrected chi connectivity index (χ4v) is 2.08. The summed E-state index contributed by atoms with van der Waals surface area (Å²) in [6.45, 7) is 6.23. The molecule has 1 unspecified atom stereocenters. The zero-order chi connectivity index (χ0) is 13.8. The van der Waals surface area contributed by atoms with Gasteiger partial charge in [0.1, 0.15) is 11.4 Å². The number of ether oxygens (including phenoxy) is 1. The third kappa shape index (κ3) is 2.65. The van der Waals surface area contributed by atoms with Crippen molar-refractivity contribution in [3.05, 3.63) is 36.5 Å². The van der Waals surface area contributed by atoms with E-state index >= 15 is 0 Å². The van der Waals surface area contributed by atoms with Crippen molar-refractivity contribution >= 4 is 17.7 Å². The number of hydrogen-bond donors (Lipinski definition) is 0. The predicted octanol–water partition coefficient (Wildman–Crippen LogP) is 1.80. The monoisotopic (exact) mass is 260 g/mol. The molecular formula is C14H16N2O3. The number of nitrogens with zero attached hydrogens (tertiary/aromatic N) is 2. The number of carbonyl (C=O) groups is 2. The lowest BCUT2D eigenvalue weighted by molar-refractivity contribution is -0.117. The molecule has 19 heavy (non-hydrogen) atoms. The SMILES string of the molecule is C=CC1CC(=O)N(c2ncccc2C(=O)OCC)C1. The maximum atomic E-state index is 12.0. The molecule has 5 heteroatoms. The van der Waals surface area contributed by atoms with Crippen LogP contribution >= 0.6 is 0 Å². The zero-order valence-electron chi connectivity index (χ0n) is 10.8. The van der Waals surface area contributed by atoms with Crippen molar-refractivity contribution in [2.45, 2.75) is 13.3 Å². The Morgan fingerprint density at radius 3 is 3.11 bits per heavy atom. The van der Waals surface area contributed by atoms with Crippen LogP contribution in [-0.4, -0.2) is 30.0 Å². The molecule has 0 N–H and O–H groups in total. The zero-order valence-corrected chi connectivity index (χ0v) is 10.8. The van der Waals surface area contributed by atoms with Crippen LogP contribution in [0, 0.1) is 5.92 Å². The number of rotatable bonds is 4. The number of carbonyl (C=O) groups excluding carboxylic acids is 2. The topological polar surface area (TPSA) is 59.5 Å². The highest BCUT2D eigenvalue weighted by atomic mass is 16.5. The molecule has 2 rings (SSSR count). The van der Waals surface area contributed by atoms with E-state index < -0.39 is 5.97 Å². The summed E-state index contributed by atoms with van der Waals surface area (Å²) in [5.74, 6) is -0.0329. The Balaban J connectivity index is 2.32. The quantitative estimate of drug-likeness (QED) is 0.612. The molecular weight excluding hydrogens is 244 g/mol. The Hall–Kier alpha value is -2.17. The summed E-state index contributed by atoms with van der Waals surface area (Å²) in [5.41, 5.74) is 0.322. The Labute approximate surface area is 111 Å². The van der Waals surface area contributed by atoms with Crippen molar-refractivity contribution in [1.29, 1.82) is 0 Å². The predicted molar refractivity (Wildman–Crippen MR) is 70.9 cm³/mol. The Kier molecular flexibility index (Phi) is 3.94. The van der Waals surface area contributed by atoms with E-state index in [9.17, 15) is 9.59 Å². The highest BCUT2D eigenvalue weighted by Crippen LogP contribution is 2.27. The van der Waals surface area contributed by atoms with Gasteiger partial charge >= 0.3 is 5.97 Å². The van der Waals surface area contributed by atoms with Gasteiger partial charge in [-0.3, -0.25) is 9.69 Å². The van der Waals surface area contributed by atoms with Gasteiger partial charge in [0.2, 0.25) is 5.91 Å². The molecule has 1 aromatic heterocycles. The molecule has 1 atom stereocenters. The van der Waals surface area contributed by atoms with E-state index in [4.69, 9.17) is 4.74 Å². The van der Waals surface area contributed by atoms with E-state index in [0.29, 0.717) is 24.3 Å². The second-order valence-corrected chi connectivity index (χ2v) is 4.30. The fourth-order valence-electron chi connectivity index (χ4n) is 2.08. The first-order chi connectivity index (χ1) is 9.17. The van der Waals surface area contributed by atoms with Crippen molar-refractivity contribution < 1.29 is 14.3 Å². The van der Waals surface area contributed by atoms with Crippen LogP contribution in [0.25, 0.3) is 0 Å². The number of hydrogen-bond acceptors (Lipinski definition) is 4. The van der Waals surface area contributed by atoms with Crippen molar-refractivity contribution in [2.24, 2.45) is 5.92 Å². The van der Waals surface area contributed by atoms with Crippen LogP contribution in [0.4, 0.5) is 5.82 Å². The summed E-state index contributed by atoms with van der Waals surface area (Å²) in [6, 6.07) is 3.27. The van der Waals surface area contributed by atoms with Crippen molar-refractivity contribution in [2.75, 3.05) is 18.1 Å². The minimum absolute atomic E-state index is 0.0471. The van der Waals surface area contributed by atoms with Crippen molar-refractivity contribution in [3.63, 3.8) is 0 Å². The van der Waals surface area contributed by atoms with Gasteiger partial charge in [0.25, 0.3) is 0 Å². The molecule has 0 spiro atoms. The molecule has 100 valence electrons. The largest absolute Gasteiger partial charge is 0.462 e. The Morgan fingerprint density at radius 1 is 1.68 bits per heavy atom. The summed E-state index contributed by atoms with van der Waals surface area (Å²) in [6.07, 6.45) is 3.72. The molecule has 0 aliphatic carbocycles. The summed E-state index contributed by atoms with van der Waals surface area (Å²) >= 11 is 0. The molecule has 1 amide bonds. The van der Waals surface area contributed by atoms with Gasteiger partial charge in [0.15, 0.2) is 0 Å². The first-order valence-corrected chi connectivity index (χ1v) is 6.22. The van der Waals surface area contributed by atoms with Gasteiger partial charge < -0.3 is 4.74 Å². The Bertz CT molecular complexity index is 513. The van der Waals surface area contributed by atoms with Gasteiger partial charge in [-0.2, -0.15) is 0 Å². The average molecular weight is 260 g/mol. The number of amides is 1. The van der Waals surface area contributed by atoms with Gasteiger partial charge in [0, 0.05) is 25.1 Å². The standard InChI is InChI=1S/C14H16N2O3/c1-3-10-8-12(17)16(9-10)13-11(6-5-7-15-13)14(18)19-4-2/h3,5-7,10H,1,4,8-9H2,2H3. The molecule has 0 bridgehead atoms. The van der Waals surface area contributed by atoms with Gasteiger partial charge in [-0.05, 0) is 19.1 Å². The molecule has 1 aromatic rings. The molecule has 0 radical (unpaired) electrons. The second-order valence-electron chi connectivity index (χ2n) is 4.30. The Morgan fingerprint density at radius 2 is 2.47 bits per heavy atom. The molecule has 0 saturated carbocycles. The lowest BCUT2D eigenvalue weighted by atomic mass is 10.1. The fraction of sp³-hybridized carbons (Fsp3) is 0.357. The molecule has 5 nitrogen and oxygen atoms in total. The van der Waals surface area contributed by atoms with Gasteiger partial charge in [-0.25, -0.2) is 9.78 Å². The third-order valence-electron chi connectivity index (χ3n) is 3.03. The lowest BCUT2D eigenvalue weighted by Crippen LogP contribution is -2.27. The average Bonchev–Trinajstić information content (AvgIpc) is 2.80. The smallest absolute Gasteiger partial charge is 0.341 e. The minimum atomic E-state index is -0.458. The van der Waals surface area contributed by atoms with Crippen molar-refractivity contribution in [3.8, 4) is 0 Å². The summed E-state index contributed by atoms with van der Waals surface area (Å²) in [4.78, 5) is 29.5. The summed E-state index contributed by atoms with van der Waals surface area (Å²) < 4.78 is 4.98. The van der Waals surface area contributed by atoms with Crippen molar-refractivity contribution in [1.82, 2.24) is 4.98 Å². The molecule has 1 fully saturated rings. The van der Waals surface area contributed by atoms with Crippen LogP contribution in [0.3, 0.4) is 0 Å². The van der Waals surface area contributed by atoms with Gasteiger partial charge in [-0.1, -0.05) is 6.08 Å². The number of anilines is 1. The molecule has 0 aromatic carbocycles. The molecule has 1 aliphatic heterocycles. The third-order valence-corrected chi connectivity index (χ3v) is 3.03. The van der Waals surface area contributed by atoms with Crippen LogP contribution in [0.2, 0.25) is 0 Å². The van der Waals surface area contributed by atoms with Gasteiger partial charge in [0.05, 0.1) is 6.61 Å². The van der Waals surface area contributed by atoms with Crippen LogP contribution in [0.15, 0.2) is 31.0 Å². The van der Waals surface area contributed by atoms with E-state index in [2.05, 4.69) is 11.6 Å². The summed E-state index contributed by atoms with van der Waals surface area (Å²) in [5, 5.41) is 0. The number of aromatic nitrogens is 1. The normalized spacial score (nSPS) is 18.5. The molecule has 2 heterocycles. The van der Waals surface area contributed by atoms with Gasteiger partial charge in [-0.15, -0.1) is 6.58 Å². The highest BCUT2D eigenvalue weighted by molar-refractivity contribution is 6.02. The van der Waals surface area contributed by atoms with E-state index in [1.807, 2.05) is 0 Å². The number of pyridine rings is 1. The van der Waals surface area contributed by atoms with Crippen LogP contribution in [-0.2, 0) is 9.53 Å². The van der Waals surface area contributed by atoms with E-state index in [1.54, 1.807) is 31.3 Å². The minimum Gasteiger partial charge on any atom is -0.462 e. The highest BCUT2D eigenvalue weighted by Gasteiger charge is 2.32.